The number of carboxylic acid groups (broad SMARTS) is 1. The summed E-state index contributed by atoms with van der Waals surface area (Å²) in [4.78, 5) is 11.4. The minimum absolute atomic E-state index is 0.184. The van der Waals surface area contributed by atoms with Crippen LogP contribution in [0.3, 0.4) is 0 Å². The predicted octanol–water partition coefficient (Wildman–Crippen LogP) is 1.82. The Balaban J connectivity index is 2.11. The number of aryl methyl sites for hydroxylation is 1. The number of nitrogens with zero attached hydrogens (tertiary/aromatic N) is 4. The fourth-order valence-corrected chi connectivity index (χ4v) is 2.91. The third kappa shape index (κ3) is 2.01. The number of aromatic carboxylic acids is 1. The second-order valence-corrected chi connectivity index (χ2v) is 5.36. The van der Waals surface area contributed by atoms with Crippen molar-refractivity contribution in [1.29, 1.82) is 0 Å². The Morgan fingerprint density at radius 2 is 2.30 bits per heavy atom. The number of hydrogen-bond acceptors (Lipinski definition) is 3. The standard InChI is InChI=1S/C14H18N4O2/c1-3-9-4-5-11-10(8-9)13(14(19)20)16-18(11)12-6-7-17(2)15-12/h6-7,9H,3-5,8H2,1-2H3,(H,19,20). The molecular formula is C14H18N4O2. The molecule has 6 heteroatoms. The molecule has 1 unspecified atom stereocenters. The van der Waals surface area contributed by atoms with Gasteiger partial charge in [0.1, 0.15) is 0 Å². The first kappa shape index (κ1) is 12.9. The third-order valence-electron chi connectivity index (χ3n) is 4.07. The van der Waals surface area contributed by atoms with Crippen LogP contribution in [-0.2, 0) is 19.9 Å². The highest BCUT2D eigenvalue weighted by Crippen LogP contribution is 2.31. The Labute approximate surface area is 117 Å². The topological polar surface area (TPSA) is 72.9 Å². The van der Waals surface area contributed by atoms with E-state index in [0.717, 1.165) is 36.9 Å². The average molecular weight is 274 g/mol. The Bertz CT molecular complexity index is 656. The largest absolute Gasteiger partial charge is 0.476 e. The van der Waals surface area contributed by atoms with Crippen molar-refractivity contribution < 1.29 is 9.90 Å². The van der Waals surface area contributed by atoms with Gasteiger partial charge in [-0.2, -0.15) is 10.2 Å². The predicted molar refractivity (Wildman–Crippen MR) is 73.1 cm³/mol. The molecule has 0 amide bonds. The van der Waals surface area contributed by atoms with Crippen LogP contribution in [0.25, 0.3) is 5.82 Å². The van der Waals surface area contributed by atoms with Crippen LogP contribution in [0.1, 0.15) is 41.5 Å². The lowest BCUT2D eigenvalue weighted by molar-refractivity contribution is 0.0688. The molecule has 1 atom stereocenters. The molecule has 0 saturated heterocycles. The van der Waals surface area contributed by atoms with Crippen molar-refractivity contribution in [2.75, 3.05) is 0 Å². The molecule has 0 fully saturated rings. The summed E-state index contributed by atoms with van der Waals surface area (Å²) in [6.45, 7) is 2.15. The highest BCUT2D eigenvalue weighted by Gasteiger charge is 2.29. The van der Waals surface area contributed by atoms with E-state index in [0.29, 0.717) is 11.7 Å². The summed E-state index contributed by atoms with van der Waals surface area (Å²) in [5.74, 6) is 0.292. The van der Waals surface area contributed by atoms with E-state index in [2.05, 4.69) is 17.1 Å². The van der Waals surface area contributed by atoms with Crippen LogP contribution in [0, 0.1) is 5.92 Å². The molecule has 3 rings (SSSR count). The molecule has 0 spiro atoms. The molecule has 0 aromatic carbocycles. The van der Waals surface area contributed by atoms with E-state index >= 15 is 0 Å². The minimum atomic E-state index is -0.951. The average Bonchev–Trinajstić information content (AvgIpc) is 3.01. The Kier molecular flexibility index (Phi) is 3.08. The zero-order valence-electron chi connectivity index (χ0n) is 11.7. The first-order valence-corrected chi connectivity index (χ1v) is 6.94. The van der Waals surface area contributed by atoms with E-state index < -0.39 is 5.97 Å². The normalized spacial score (nSPS) is 18.0. The van der Waals surface area contributed by atoms with Gasteiger partial charge in [-0.25, -0.2) is 9.48 Å². The van der Waals surface area contributed by atoms with Crippen LogP contribution in [0.5, 0.6) is 0 Å². The zero-order chi connectivity index (χ0) is 14.3. The Morgan fingerprint density at radius 3 is 2.90 bits per heavy atom. The van der Waals surface area contributed by atoms with Crippen molar-refractivity contribution in [3.63, 3.8) is 0 Å². The molecule has 2 aromatic rings. The van der Waals surface area contributed by atoms with E-state index in [-0.39, 0.29) is 5.69 Å². The van der Waals surface area contributed by atoms with Gasteiger partial charge in [-0.15, -0.1) is 0 Å². The monoisotopic (exact) mass is 274 g/mol. The lowest BCUT2D eigenvalue weighted by Gasteiger charge is -2.21. The van der Waals surface area contributed by atoms with Crippen molar-refractivity contribution in [1.82, 2.24) is 19.6 Å². The number of carboxylic acids is 1. The summed E-state index contributed by atoms with van der Waals surface area (Å²) >= 11 is 0. The number of hydrogen-bond donors (Lipinski definition) is 1. The number of carbonyl (C=O) groups is 1. The Morgan fingerprint density at radius 1 is 1.50 bits per heavy atom. The van der Waals surface area contributed by atoms with Gasteiger partial charge in [0.25, 0.3) is 0 Å². The molecule has 1 N–H and O–H groups in total. The number of rotatable bonds is 3. The first-order chi connectivity index (χ1) is 9.60. The lowest BCUT2D eigenvalue weighted by atomic mass is 9.85. The quantitative estimate of drug-likeness (QED) is 0.926. The van der Waals surface area contributed by atoms with Crippen LogP contribution in [0.2, 0.25) is 0 Å². The number of fused-ring (bicyclic) bond motifs is 1. The molecule has 1 aliphatic carbocycles. The van der Waals surface area contributed by atoms with Gasteiger partial charge in [0.2, 0.25) is 0 Å². The van der Waals surface area contributed by atoms with E-state index in [1.54, 1.807) is 9.36 Å². The second kappa shape index (κ2) is 4.77. The maximum absolute atomic E-state index is 11.4. The van der Waals surface area contributed by atoms with Crippen molar-refractivity contribution in [2.45, 2.75) is 32.6 Å². The fourth-order valence-electron chi connectivity index (χ4n) is 2.91. The van der Waals surface area contributed by atoms with E-state index in [1.807, 2.05) is 19.3 Å². The van der Waals surface area contributed by atoms with Crippen molar-refractivity contribution in [3.05, 3.63) is 29.2 Å². The summed E-state index contributed by atoms with van der Waals surface area (Å²) in [6, 6.07) is 1.85. The van der Waals surface area contributed by atoms with Crippen molar-refractivity contribution in [2.24, 2.45) is 13.0 Å². The molecule has 2 heterocycles. The van der Waals surface area contributed by atoms with Gasteiger partial charge < -0.3 is 5.11 Å². The molecule has 106 valence electrons. The van der Waals surface area contributed by atoms with Gasteiger partial charge in [-0.3, -0.25) is 4.68 Å². The van der Waals surface area contributed by atoms with Gasteiger partial charge in [0.05, 0.1) is 5.69 Å². The van der Waals surface area contributed by atoms with E-state index in [1.165, 1.54) is 0 Å². The summed E-state index contributed by atoms with van der Waals surface area (Å²) in [5, 5.41) is 18.0. The van der Waals surface area contributed by atoms with Gasteiger partial charge in [0.15, 0.2) is 11.5 Å². The summed E-state index contributed by atoms with van der Waals surface area (Å²) in [6.07, 6.45) is 5.67. The van der Waals surface area contributed by atoms with Crippen LogP contribution in [0.15, 0.2) is 12.3 Å². The van der Waals surface area contributed by atoms with Gasteiger partial charge >= 0.3 is 5.97 Å². The SMILES string of the molecule is CCC1CCc2c(c(C(=O)O)nn2-c2ccn(C)n2)C1. The highest BCUT2D eigenvalue weighted by atomic mass is 16.4. The maximum Gasteiger partial charge on any atom is 0.356 e. The summed E-state index contributed by atoms with van der Waals surface area (Å²) in [7, 11) is 1.84. The number of aromatic nitrogens is 4. The first-order valence-electron chi connectivity index (χ1n) is 6.94. The fraction of sp³-hybridized carbons (Fsp3) is 0.500. The van der Waals surface area contributed by atoms with Crippen LogP contribution >= 0.6 is 0 Å². The highest BCUT2D eigenvalue weighted by molar-refractivity contribution is 5.87. The molecule has 2 aromatic heterocycles. The smallest absolute Gasteiger partial charge is 0.356 e. The summed E-state index contributed by atoms with van der Waals surface area (Å²) < 4.78 is 3.40. The second-order valence-electron chi connectivity index (χ2n) is 5.36. The third-order valence-corrected chi connectivity index (χ3v) is 4.07. The molecule has 0 bridgehead atoms. The van der Waals surface area contributed by atoms with Crippen LogP contribution in [-0.4, -0.2) is 30.6 Å². The van der Waals surface area contributed by atoms with E-state index in [9.17, 15) is 9.90 Å². The molecule has 6 nitrogen and oxygen atoms in total. The lowest BCUT2D eigenvalue weighted by Crippen LogP contribution is -2.16. The minimum Gasteiger partial charge on any atom is -0.476 e. The Hall–Kier alpha value is -2.11. The van der Waals surface area contributed by atoms with E-state index in [4.69, 9.17) is 0 Å². The van der Waals surface area contributed by atoms with Crippen LogP contribution < -0.4 is 0 Å². The van der Waals surface area contributed by atoms with Crippen molar-refractivity contribution in [3.8, 4) is 5.82 Å². The van der Waals surface area contributed by atoms with Gasteiger partial charge in [-0.05, 0) is 25.2 Å². The molecule has 1 aliphatic rings. The molecular weight excluding hydrogens is 256 g/mol. The van der Waals surface area contributed by atoms with Gasteiger partial charge in [0, 0.05) is 24.9 Å². The zero-order valence-corrected chi connectivity index (χ0v) is 11.7. The molecule has 20 heavy (non-hydrogen) atoms. The van der Waals surface area contributed by atoms with Gasteiger partial charge in [-0.1, -0.05) is 13.3 Å². The maximum atomic E-state index is 11.4. The molecule has 0 aliphatic heterocycles. The molecule has 0 saturated carbocycles. The van der Waals surface area contributed by atoms with Crippen LogP contribution in [0.4, 0.5) is 0 Å². The summed E-state index contributed by atoms with van der Waals surface area (Å²) in [5.41, 5.74) is 2.08. The molecule has 0 radical (unpaired) electrons. The van der Waals surface area contributed by atoms with Crippen molar-refractivity contribution >= 4 is 5.97 Å².